The Bertz CT molecular complexity index is 309. The van der Waals surface area contributed by atoms with E-state index in [1.165, 1.54) is 16.9 Å². The molecule has 0 radical (unpaired) electrons. The van der Waals surface area contributed by atoms with Crippen molar-refractivity contribution in [2.24, 2.45) is 5.92 Å². The van der Waals surface area contributed by atoms with Gasteiger partial charge in [-0.05, 0) is 24.5 Å². The van der Waals surface area contributed by atoms with Gasteiger partial charge in [0, 0.05) is 10.6 Å². The lowest BCUT2D eigenvalue weighted by Gasteiger charge is -2.11. The van der Waals surface area contributed by atoms with Crippen LogP contribution in [0.15, 0.2) is 23.1 Å². The smallest absolute Gasteiger partial charge is 0.0692 e. The Balaban J connectivity index is 2.67. The van der Waals surface area contributed by atoms with E-state index >= 15 is 0 Å². The van der Waals surface area contributed by atoms with Crippen molar-refractivity contribution in [1.82, 2.24) is 0 Å². The second-order valence-electron chi connectivity index (χ2n) is 4.09. The van der Waals surface area contributed by atoms with Crippen molar-refractivity contribution in [1.29, 1.82) is 0 Å². The summed E-state index contributed by atoms with van der Waals surface area (Å²) in [6.07, 6.45) is 1.22. The summed E-state index contributed by atoms with van der Waals surface area (Å²) in [5, 5.41) is 9.25. The average molecular weight is 224 g/mol. The summed E-state index contributed by atoms with van der Waals surface area (Å²) < 4.78 is 0. The minimum absolute atomic E-state index is 0.143. The van der Waals surface area contributed by atoms with E-state index < -0.39 is 0 Å². The number of thioether (sulfide) groups is 1. The Morgan fingerprint density at radius 2 is 2.13 bits per heavy atom. The van der Waals surface area contributed by atoms with Crippen molar-refractivity contribution in [3.8, 4) is 0 Å². The first-order valence-electron chi connectivity index (χ1n) is 5.50. The molecule has 0 spiro atoms. The predicted octanol–water partition coefficient (Wildman–Crippen LogP) is 3.63. The first kappa shape index (κ1) is 12.6. The maximum Gasteiger partial charge on any atom is 0.0692 e. The molecule has 1 unspecified atom stereocenters. The van der Waals surface area contributed by atoms with Gasteiger partial charge < -0.3 is 5.11 Å². The molecule has 0 bridgehead atoms. The van der Waals surface area contributed by atoms with Gasteiger partial charge >= 0.3 is 0 Å². The molecular weight excluding hydrogens is 204 g/mol. The Hall–Kier alpha value is -0.470. The van der Waals surface area contributed by atoms with E-state index in [4.69, 9.17) is 0 Å². The molecule has 0 aliphatic heterocycles. The van der Waals surface area contributed by atoms with Crippen molar-refractivity contribution in [2.45, 2.75) is 38.7 Å². The fourth-order valence-corrected chi connectivity index (χ4v) is 2.50. The molecule has 1 atom stereocenters. The monoisotopic (exact) mass is 224 g/mol. The topological polar surface area (TPSA) is 20.2 Å². The average Bonchev–Trinajstić information content (AvgIpc) is 2.26. The van der Waals surface area contributed by atoms with Crippen molar-refractivity contribution in [3.05, 3.63) is 29.3 Å². The molecule has 2 heteroatoms. The summed E-state index contributed by atoms with van der Waals surface area (Å²) in [5.41, 5.74) is 2.27. The SMILES string of the molecule is CCC(C)CSc1ccc(C)cc1CO. The number of aliphatic hydroxyl groups excluding tert-OH is 1. The lowest BCUT2D eigenvalue weighted by atomic mass is 10.1. The number of hydrogen-bond acceptors (Lipinski definition) is 2. The lowest BCUT2D eigenvalue weighted by Crippen LogP contribution is -1.97. The maximum absolute atomic E-state index is 9.25. The molecule has 1 rings (SSSR count). The van der Waals surface area contributed by atoms with Crippen molar-refractivity contribution >= 4 is 11.8 Å². The first-order valence-corrected chi connectivity index (χ1v) is 6.49. The summed E-state index contributed by atoms with van der Waals surface area (Å²) in [6.45, 7) is 6.68. The molecule has 0 aliphatic carbocycles. The fourth-order valence-electron chi connectivity index (χ4n) is 1.32. The Morgan fingerprint density at radius 1 is 1.40 bits per heavy atom. The predicted molar refractivity (Wildman–Crippen MR) is 67.3 cm³/mol. The molecule has 0 heterocycles. The third-order valence-corrected chi connectivity index (χ3v) is 4.05. The van der Waals surface area contributed by atoms with E-state index in [1.54, 1.807) is 0 Å². The van der Waals surface area contributed by atoms with Crippen LogP contribution in [0, 0.1) is 12.8 Å². The van der Waals surface area contributed by atoms with Crippen molar-refractivity contribution in [2.75, 3.05) is 5.75 Å². The van der Waals surface area contributed by atoms with Gasteiger partial charge in [0.2, 0.25) is 0 Å². The van der Waals surface area contributed by atoms with Gasteiger partial charge in [-0.1, -0.05) is 38.0 Å². The van der Waals surface area contributed by atoms with Crippen LogP contribution in [0.1, 0.15) is 31.4 Å². The highest BCUT2D eigenvalue weighted by atomic mass is 32.2. The summed E-state index contributed by atoms with van der Waals surface area (Å²) >= 11 is 1.85. The summed E-state index contributed by atoms with van der Waals surface area (Å²) in [6, 6.07) is 6.30. The van der Waals surface area contributed by atoms with Crippen LogP contribution in [0.2, 0.25) is 0 Å². The van der Waals surface area contributed by atoms with E-state index in [-0.39, 0.29) is 6.61 Å². The van der Waals surface area contributed by atoms with Crippen LogP contribution in [0.4, 0.5) is 0 Å². The molecule has 0 fully saturated rings. The van der Waals surface area contributed by atoms with Crippen LogP contribution >= 0.6 is 11.8 Å². The largest absolute Gasteiger partial charge is 0.392 e. The Labute approximate surface area is 96.9 Å². The van der Waals surface area contributed by atoms with Gasteiger partial charge in [0.25, 0.3) is 0 Å². The quantitative estimate of drug-likeness (QED) is 0.771. The molecule has 1 aromatic rings. The van der Waals surface area contributed by atoms with Crippen LogP contribution in [-0.2, 0) is 6.61 Å². The lowest BCUT2D eigenvalue weighted by molar-refractivity contribution is 0.279. The molecule has 84 valence electrons. The molecule has 0 aromatic heterocycles. The minimum Gasteiger partial charge on any atom is -0.392 e. The van der Waals surface area contributed by atoms with Crippen LogP contribution in [0.25, 0.3) is 0 Å². The number of aryl methyl sites for hydroxylation is 1. The number of benzene rings is 1. The van der Waals surface area contributed by atoms with E-state index in [0.29, 0.717) is 0 Å². The van der Waals surface area contributed by atoms with E-state index in [0.717, 1.165) is 17.2 Å². The highest BCUT2D eigenvalue weighted by molar-refractivity contribution is 7.99. The highest BCUT2D eigenvalue weighted by Gasteiger charge is 2.05. The van der Waals surface area contributed by atoms with Gasteiger partial charge in [-0.2, -0.15) is 0 Å². The van der Waals surface area contributed by atoms with E-state index in [9.17, 15) is 5.11 Å². The molecule has 1 nitrogen and oxygen atoms in total. The third kappa shape index (κ3) is 3.88. The zero-order chi connectivity index (χ0) is 11.3. The number of rotatable bonds is 5. The zero-order valence-corrected chi connectivity index (χ0v) is 10.6. The van der Waals surface area contributed by atoms with Gasteiger partial charge in [0.1, 0.15) is 0 Å². The molecule has 1 aromatic carbocycles. The zero-order valence-electron chi connectivity index (χ0n) is 9.79. The van der Waals surface area contributed by atoms with Crippen LogP contribution in [0.5, 0.6) is 0 Å². The maximum atomic E-state index is 9.25. The summed E-state index contributed by atoms with van der Waals surface area (Å²) in [4.78, 5) is 1.23. The van der Waals surface area contributed by atoms with E-state index in [2.05, 4.69) is 39.0 Å². The van der Waals surface area contributed by atoms with Gasteiger partial charge in [0.15, 0.2) is 0 Å². The minimum atomic E-state index is 0.143. The van der Waals surface area contributed by atoms with Crippen LogP contribution in [-0.4, -0.2) is 10.9 Å². The standard InChI is InChI=1S/C13H20OS/c1-4-10(2)9-15-13-6-5-11(3)7-12(13)8-14/h5-7,10,14H,4,8-9H2,1-3H3. The molecule has 0 saturated heterocycles. The van der Waals surface area contributed by atoms with Gasteiger partial charge in [-0.25, -0.2) is 0 Å². The molecule has 15 heavy (non-hydrogen) atoms. The number of aliphatic hydroxyl groups is 1. The van der Waals surface area contributed by atoms with Crippen molar-refractivity contribution < 1.29 is 5.11 Å². The molecule has 0 aliphatic rings. The second kappa shape index (κ2) is 6.19. The van der Waals surface area contributed by atoms with Gasteiger partial charge in [-0.15, -0.1) is 11.8 Å². The van der Waals surface area contributed by atoms with Gasteiger partial charge in [-0.3, -0.25) is 0 Å². The normalized spacial score (nSPS) is 12.8. The number of hydrogen-bond donors (Lipinski definition) is 1. The highest BCUT2D eigenvalue weighted by Crippen LogP contribution is 2.26. The Morgan fingerprint density at radius 3 is 2.73 bits per heavy atom. The van der Waals surface area contributed by atoms with E-state index in [1.807, 2.05) is 11.8 Å². The van der Waals surface area contributed by atoms with Crippen LogP contribution < -0.4 is 0 Å². The fraction of sp³-hybridized carbons (Fsp3) is 0.538. The summed E-state index contributed by atoms with van der Waals surface area (Å²) in [5.74, 6) is 1.87. The Kier molecular flexibility index (Phi) is 5.20. The molecule has 1 N–H and O–H groups in total. The molecule has 0 saturated carbocycles. The summed E-state index contributed by atoms with van der Waals surface area (Å²) in [7, 11) is 0. The van der Waals surface area contributed by atoms with Gasteiger partial charge in [0.05, 0.1) is 6.61 Å². The molecular formula is C13H20OS. The van der Waals surface area contributed by atoms with Crippen LogP contribution in [0.3, 0.4) is 0 Å². The second-order valence-corrected chi connectivity index (χ2v) is 5.16. The first-order chi connectivity index (χ1) is 7.17. The van der Waals surface area contributed by atoms with Crippen molar-refractivity contribution in [3.63, 3.8) is 0 Å². The third-order valence-electron chi connectivity index (χ3n) is 2.61. The molecule has 0 amide bonds.